The molecule has 0 aliphatic carbocycles. The molecule has 0 fully saturated rings. The molecule has 0 bridgehead atoms. The third-order valence-corrected chi connectivity index (χ3v) is 5.42. The summed E-state index contributed by atoms with van der Waals surface area (Å²) in [6, 6.07) is 10.8. The van der Waals surface area contributed by atoms with Gasteiger partial charge in [-0.15, -0.1) is 0 Å². The molecule has 2 rings (SSSR count). The third-order valence-electron chi connectivity index (χ3n) is 3.33. The average Bonchev–Trinajstić information content (AvgIpc) is 2.50. The first kappa shape index (κ1) is 18.4. The Morgan fingerprint density at radius 3 is 2.29 bits per heavy atom. The van der Waals surface area contributed by atoms with Crippen LogP contribution in [0.4, 0.5) is 5.69 Å². The van der Waals surface area contributed by atoms with Gasteiger partial charge < -0.3 is 5.32 Å². The largest absolute Gasteiger partial charge is 0.322 e. The molecule has 1 amide bonds. The number of sulfonamides is 1. The number of hydrogen-bond acceptors (Lipinski definition) is 3. The molecule has 0 unspecified atom stereocenters. The van der Waals surface area contributed by atoms with E-state index in [9.17, 15) is 13.2 Å². The highest BCUT2D eigenvalue weighted by molar-refractivity contribution is 7.89. The van der Waals surface area contributed by atoms with E-state index in [0.29, 0.717) is 16.3 Å². The Morgan fingerprint density at radius 1 is 1.08 bits per heavy atom. The zero-order valence-corrected chi connectivity index (χ0v) is 15.2. The van der Waals surface area contributed by atoms with Gasteiger partial charge in [-0.25, -0.2) is 13.1 Å². The van der Waals surface area contributed by atoms with E-state index in [0.717, 1.165) is 5.56 Å². The SMILES string of the molecule is Cc1c(Cl)cccc1NC(=O)c1ccc(S(=O)(=O)NC(C)C)cc1. The molecule has 0 spiro atoms. The lowest BCUT2D eigenvalue weighted by atomic mass is 10.1. The minimum atomic E-state index is -3.57. The molecule has 5 nitrogen and oxygen atoms in total. The van der Waals surface area contributed by atoms with Gasteiger partial charge in [0, 0.05) is 22.3 Å². The van der Waals surface area contributed by atoms with Crippen LogP contribution in [0.1, 0.15) is 29.8 Å². The van der Waals surface area contributed by atoms with Gasteiger partial charge in [0.1, 0.15) is 0 Å². The van der Waals surface area contributed by atoms with E-state index in [4.69, 9.17) is 11.6 Å². The second-order valence-electron chi connectivity index (χ2n) is 5.67. The van der Waals surface area contributed by atoms with Crippen molar-refractivity contribution in [3.63, 3.8) is 0 Å². The quantitative estimate of drug-likeness (QED) is 0.849. The molecule has 0 aliphatic rings. The number of rotatable bonds is 5. The van der Waals surface area contributed by atoms with Crippen molar-refractivity contribution in [3.05, 3.63) is 58.6 Å². The molecule has 0 heterocycles. The second-order valence-corrected chi connectivity index (χ2v) is 7.79. The van der Waals surface area contributed by atoms with Crippen LogP contribution in [0.5, 0.6) is 0 Å². The van der Waals surface area contributed by atoms with Crippen LogP contribution in [0.3, 0.4) is 0 Å². The molecule has 0 aromatic heterocycles. The first-order valence-corrected chi connectivity index (χ1v) is 9.25. The van der Waals surface area contributed by atoms with E-state index in [1.54, 1.807) is 32.0 Å². The summed E-state index contributed by atoms with van der Waals surface area (Å²) in [5.41, 5.74) is 1.75. The van der Waals surface area contributed by atoms with Crippen molar-refractivity contribution >= 4 is 33.2 Å². The van der Waals surface area contributed by atoms with Crippen molar-refractivity contribution in [2.45, 2.75) is 31.7 Å². The predicted molar refractivity (Wildman–Crippen MR) is 96.0 cm³/mol. The van der Waals surface area contributed by atoms with Crippen molar-refractivity contribution in [3.8, 4) is 0 Å². The van der Waals surface area contributed by atoms with Crippen molar-refractivity contribution in [2.24, 2.45) is 0 Å². The molecule has 7 heteroatoms. The van der Waals surface area contributed by atoms with E-state index < -0.39 is 10.0 Å². The molecule has 128 valence electrons. The summed E-state index contributed by atoms with van der Waals surface area (Å²) in [4.78, 5) is 12.4. The zero-order valence-electron chi connectivity index (χ0n) is 13.6. The molecule has 0 saturated heterocycles. The maximum absolute atomic E-state index is 12.3. The number of carbonyl (C=O) groups is 1. The van der Waals surface area contributed by atoms with Gasteiger partial charge in [-0.2, -0.15) is 0 Å². The molecule has 2 aromatic rings. The Balaban J connectivity index is 2.19. The number of hydrogen-bond donors (Lipinski definition) is 2. The monoisotopic (exact) mass is 366 g/mol. The molecule has 0 saturated carbocycles. The zero-order chi connectivity index (χ0) is 17.9. The van der Waals surface area contributed by atoms with Crippen molar-refractivity contribution < 1.29 is 13.2 Å². The lowest BCUT2D eigenvalue weighted by Gasteiger charge is -2.11. The van der Waals surface area contributed by atoms with Gasteiger partial charge in [0.25, 0.3) is 5.91 Å². The molecular weight excluding hydrogens is 348 g/mol. The Hall–Kier alpha value is -1.89. The van der Waals surface area contributed by atoms with E-state index in [1.807, 2.05) is 6.92 Å². The van der Waals surface area contributed by atoms with Crippen LogP contribution in [0, 0.1) is 6.92 Å². The second kappa shape index (κ2) is 7.34. The van der Waals surface area contributed by atoms with E-state index in [1.165, 1.54) is 24.3 Å². The van der Waals surface area contributed by atoms with Crippen LogP contribution in [0.2, 0.25) is 5.02 Å². The van der Waals surface area contributed by atoms with Crippen LogP contribution < -0.4 is 10.0 Å². The Morgan fingerprint density at radius 2 is 1.71 bits per heavy atom. The molecule has 0 aliphatic heterocycles. The highest BCUT2D eigenvalue weighted by Gasteiger charge is 2.16. The van der Waals surface area contributed by atoms with Crippen molar-refractivity contribution in [1.82, 2.24) is 4.72 Å². The minimum absolute atomic E-state index is 0.117. The fraction of sp³-hybridized carbons (Fsp3) is 0.235. The van der Waals surface area contributed by atoms with Crippen LogP contribution in [-0.2, 0) is 10.0 Å². The normalized spacial score (nSPS) is 11.5. The Kier molecular flexibility index (Phi) is 5.64. The number of amides is 1. The average molecular weight is 367 g/mol. The lowest BCUT2D eigenvalue weighted by Crippen LogP contribution is -2.30. The van der Waals surface area contributed by atoms with Crippen LogP contribution in [-0.4, -0.2) is 20.4 Å². The minimum Gasteiger partial charge on any atom is -0.322 e. The number of nitrogens with one attached hydrogen (secondary N) is 2. The van der Waals surface area contributed by atoms with Crippen molar-refractivity contribution in [2.75, 3.05) is 5.32 Å². The molecule has 2 aromatic carbocycles. The molecule has 24 heavy (non-hydrogen) atoms. The summed E-state index contributed by atoms with van der Waals surface area (Å²) in [6.45, 7) is 5.30. The van der Waals surface area contributed by atoms with Crippen molar-refractivity contribution in [1.29, 1.82) is 0 Å². The van der Waals surface area contributed by atoms with Gasteiger partial charge in [-0.1, -0.05) is 17.7 Å². The van der Waals surface area contributed by atoms with Crippen LogP contribution >= 0.6 is 11.6 Å². The highest BCUT2D eigenvalue weighted by atomic mass is 35.5. The summed E-state index contributed by atoms with van der Waals surface area (Å²) in [5.74, 6) is -0.332. The van der Waals surface area contributed by atoms with Gasteiger partial charge in [0.05, 0.1) is 4.90 Å². The fourth-order valence-electron chi connectivity index (χ4n) is 2.10. The van der Waals surface area contributed by atoms with Crippen LogP contribution in [0.25, 0.3) is 0 Å². The number of halogens is 1. The Labute approximate surface area is 147 Å². The predicted octanol–water partition coefficient (Wildman–Crippen LogP) is 3.59. The standard InChI is InChI=1S/C17H19ClN2O3S/c1-11(2)20-24(22,23)14-9-7-13(8-10-14)17(21)19-16-6-4-5-15(18)12(16)3/h4-11,20H,1-3H3,(H,19,21). The maximum Gasteiger partial charge on any atom is 0.255 e. The number of benzene rings is 2. The van der Waals surface area contributed by atoms with Gasteiger partial charge in [0.2, 0.25) is 10.0 Å². The third kappa shape index (κ3) is 4.35. The molecule has 0 radical (unpaired) electrons. The number of anilines is 1. The van der Waals surface area contributed by atoms with Gasteiger partial charge >= 0.3 is 0 Å². The van der Waals surface area contributed by atoms with Crippen LogP contribution in [0.15, 0.2) is 47.4 Å². The van der Waals surface area contributed by atoms with Gasteiger partial charge in [0.15, 0.2) is 0 Å². The first-order valence-electron chi connectivity index (χ1n) is 7.39. The molecule has 0 atom stereocenters. The summed E-state index contributed by atoms with van der Waals surface area (Å²) < 4.78 is 26.6. The summed E-state index contributed by atoms with van der Waals surface area (Å²) >= 11 is 6.03. The van der Waals surface area contributed by atoms with Gasteiger partial charge in [-0.05, 0) is 62.7 Å². The smallest absolute Gasteiger partial charge is 0.255 e. The van der Waals surface area contributed by atoms with E-state index >= 15 is 0 Å². The maximum atomic E-state index is 12.3. The topological polar surface area (TPSA) is 75.3 Å². The summed E-state index contributed by atoms with van der Waals surface area (Å²) in [7, 11) is -3.57. The molecular formula is C17H19ClN2O3S. The van der Waals surface area contributed by atoms with E-state index in [-0.39, 0.29) is 16.8 Å². The highest BCUT2D eigenvalue weighted by Crippen LogP contribution is 2.23. The number of carbonyl (C=O) groups excluding carboxylic acids is 1. The summed E-state index contributed by atoms with van der Waals surface area (Å²) in [6.07, 6.45) is 0. The lowest BCUT2D eigenvalue weighted by molar-refractivity contribution is 0.102. The fourth-order valence-corrected chi connectivity index (χ4v) is 3.53. The molecule has 2 N–H and O–H groups in total. The summed E-state index contributed by atoms with van der Waals surface area (Å²) in [5, 5.41) is 3.33. The van der Waals surface area contributed by atoms with E-state index in [2.05, 4.69) is 10.0 Å². The van der Waals surface area contributed by atoms with Gasteiger partial charge in [-0.3, -0.25) is 4.79 Å². The Bertz CT molecular complexity index is 847. The first-order chi connectivity index (χ1) is 11.2.